The first kappa shape index (κ1) is 47.3. The molecule has 5 aromatic rings. The van der Waals surface area contributed by atoms with Crippen LogP contribution in [0.15, 0.2) is 157 Å². The van der Waals surface area contributed by atoms with Crippen molar-refractivity contribution in [2.75, 3.05) is 6.61 Å². The van der Waals surface area contributed by atoms with Crippen LogP contribution in [0, 0.1) is 16.7 Å². The van der Waals surface area contributed by atoms with E-state index in [0.29, 0.717) is 12.5 Å². The van der Waals surface area contributed by atoms with E-state index in [0.717, 1.165) is 47.1 Å². The summed E-state index contributed by atoms with van der Waals surface area (Å²) < 4.78 is 71.0. The molecule has 3 aliphatic heterocycles. The number of fused-ring (bicyclic) bond motifs is 5. The molecule has 3 heterocycles. The lowest BCUT2D eigenvalue weighted by Gasteiger charge is -2.51. The predicted molar refractivity (Wildman–Crippen MR) is 258 cm³/mol. The standard InChI is InChI=1S/C57H63N3O10/c1-55(2)42-29-30-56(55,3)57(31-42)69-51-49(64-35-40-25-15-7-16-26-40)47(62-33-38-21-11-5-12-22-38)48(63-34-39-23-13-6-14-24-39)50(52(51)70-57)68-54-44(59-60-58)46(61-32-37-19-9-4-10-20-37)45-43(66-54)36-65-53(67-45)41-27-17-8-18-28-41/h4-28,42-54H,29-36H2,1-3H3/t42-,43+,44+,45+,46+,47-,48-,49+,50+,51+,52-,53+,54+,56-,57?/m0/s1. The van der Waals surface area contributed by atoms with Gasteiger partial charge < -0.3 is 47.4 Å². The van der Waals surface area contributed by atoms with Gasteiger partial charge in [-0.2, -0.15) is 0 Å². The van der Waals surface area contributed by atoms with Crippen molar-refractivity contribution in [3.05, 3.63) is 190 Å². The molecule has 70 heavy (non-hydrogen) atoms. The molecule has 15 atom stereocenters. The lowest BCUT2D eigenvalue weighted by molar-refractivity contribution is -0.364. The summed E-state index contributed by atoms with van der Waals surface area (Å²) in [6.07, 6.45) is -5.79. The third-order valence-electron chi connectivity index (χ3n) is 16.4. The number of nitrogens with zero attached hydrogens (tertiary/aromatic N) is 3. The number of azide groups is 1. The highest BCUT2D eigenvalue weighted by Crippen LogP contribution is 2.73. The SMILES string of the molecule is CC1(C)[C@H]2CC[C@]1(C)C1(C2)O[C@@H]2[C@H](OCc3ccccc3)[C@@H](OCc3ccccc3)[C@H](OCc3ccccc3)[C@@H](O[C@H]3O[C@@H]4CO[C@@H](c5ccccc5)O[C@H]4[C@H](OCc4ccccc4)[C@H]3N=[N+]=[N-])[C@@H]2O1. The van der Waals surface area contributed by atoms with Crippen LogP contribution in [0.1, 0.15) is 74.1 Å². The Morgan fingerprint density at radius 3 is 1.53 bits per heavy atom. The van der Waals surface area contributed by atoms with Crippen molar-refractivity contribution in [1.82, 2.24) is 0 Å². The van der Waals surface area contributed by atoms with Crippen molar-refractivity contribution in [2.24, 2.45) is 21.9 Å². The third-order valence-corrected chi connectivity index (χ3v) is 16.4. The Labute approximate surface area is 410 Å². The maximum absolute atomic E-state index is 10.4. The molecule has 6 fully saturated rings. The molecule has 3 saturated heterocycles. The average molecular weight is 950 g/mol. The van der Waals surface area contributed by atoms with Gasteiger partial charge >= 0.3 is 0 Å². The largest absolute Gasteiger partial charge is 0.370 e. The molecule has 3 aliphatic carbocycles. The maximum atomic E-state index is 10.4. The van der Waals surface area contributed by atoms with Crippen molar-refractivity contribution in [3.8, 4) is 0 Å². The van der Waals surface area contributed by atoms with Crippen LogP contribution in [-0.2, 0) is 73.8 Å². The van der Waals surface area contributed by atoms with Crippen LogP contribution in [0.2, 0.25) is 0 Å². The molecular formula is C57H63N3O10. The predicted octanol–water partition coefficient (Wildman–Crippen LogP) is 10.6. The normalized spacial score (nSPS) is 36.0. The summed E-state index contributed by atoms with van der Waals surface area (Å²) >= 11 is 0. The van der Waals surface area contributed by atoms with Crippen LogP contribution in [0.3, 0.4) is 0 Å². The van der Waals surface area contributed by atoms with Crippen LogP contribution in [0.4, 0.5) is 0 Å². The van der Waals surface area contributed by atoms with E-state index in [9.17, 15) is 5.53 Å². The lowest BCUT2D eigenvalue weighted by atomic mass is 9.68. The Kier molecular flexibility index (Phi) is 13.7. The van der Waals surface area contributed by atoms with E-state index in [2.05, 4.69) is 42.9 Å². The topological polar surface area (TPSA) is 141 Å². The van der Waals surface area contributed by atoms with Gasteiger partial charge in [-0.3, -0.25) is 0 Å². The quantitative estimate of drug-likeness (QED) is 0.0533. The minimum Gasteiger partial charge on any atom is -0.370 e. The second-order valence-electron chi connectivity index (χ2n) is 20.5. The molecule has 1 spiro atoms. The zero-order chi connectivity index (χ0) is 47.7. The van der Waals surface area contributed by atoms with Gasteiger partial charge in [-0.1, -0.05) is 178 Å². The van der Waals surface area contributed by atoms with Crippen LogP contribution in [-0.4, -0.2) is 79.7 Å². The van der Waals surface area contributed by atoms with Gasteiger partial charge in [-0.25, -0.2) is 0 Å². The first-order valence-electron chi connectivity index (χ1n) is 24.9. The number of ether oxygens (including phenoxy) is 10. The van der Waals surface area contributed by atoms with Crippen molar-refractivity contribution in [1.29, 1.82) is 0 Å². The summed E-state index contributed by atoms with van der Waals surface area (Å²) in [5, 5.41) is 4.44. The molecule has 0 N–H and O–H groups in total. The van der Waals surface area contributed by atoms with E-state index >= 15 is 0 Å². The molecule has 3 saturated carbocycles. The fraction of sp³-hybridized carbons (Fsp3) is 0.474. The fourth-order valence-corrected chi connectivity index (χ4v) is 12.2. The van der Waals surface area contributed by atoms with Crippen LogP contribution < -0.4 is 0 Å². The summed E-state index contributed by atoms with van der Waals surface area (Å²) in [4.78, 5) is 3.40. The van der Waals surface area contributed by atoms with Gasteiger partial charge in [0, 0.05) is 22.3 Å². The highest BCUT2D eigenvalue weighted by atomic mass is 16.8. The van der Waals surface area contributed by atoms with Crippen molar-refractivity contribution in [3.63, 3.8) is 0 Å². The summed E-state index contributed by atoms with van der Waals surface area (Å²) in [7, 11) is 0. The summed E-state index contributed by atoms with van der Waals surface area (Å²) in [6, 6.07) is 48.9. The molecule has 2 bridgehead atoms. The van der Waals surface area contributed by atoms with Gasteiger partial charge in [0.1, 0.15) is 61.0 Å². The molecule has 13 heteroatoms. The van der Waals surface area contributed by atoms with Crippen molar-refractivity contribution >= 4 is 0 Å². The first-order chi connectivity index (χ1) is 34.2. The molecule has 0 radical (unpaired) electrons. The Morgan fingerprint density at radius 2 is 1.04 bits per heavy atom. The average Bonchev–Trinajstić information content (AvgIpc) is 3.94. The minimum absolute atomic E-state index is 0.0698. The lowest BCUT2D eigenvalue weighted by Crippen LogP contribution is -2.68. The summed E-state index contributed by atoms with van der Waals surface area (Å²) in [5.41, 5.74) is 14.8. The van der Waals surface area contributed by atoms with Crippen LogP contribution in [0.25, 0.3) is 10.4 Å². The Morgan fingerprint density at radius 1 is 0.571 bits per heavy atom. The van der Waals surface area contributed by atoms with Gasteiger partial charge in [-0.05, 0) is 52.0 Å². The van der Waals surface area contributed by atoms with Gasteiger partial charge in [0.15, 0.2) is 18.4 Å². The Balaban J connectivity index is 1.00. The highest BCUT2D eigenvalue weighted by Gasteiger charge is 2.76. The smallest absolute Gasteiger partial charge is 0.184 e. The molecule has 13 nitrogen and oxygen atoms in total. The van der Waals surface area contributed by atoms with Crippen LogP contribution >= 0.6 is 0 Å². The molecule has 366 valence electrons. The molecular weight excluding hydrogens is 887 g/mol. The number of rotatable bonds is 16. The van der Waals surface area contributed by atoms with Crippen LogP contribution in [0.5, 0.6) is 0 Å². The number of benzene rings is 5. The highest BCUT2D eigenvalue weighted by molar-refractivity contribution is 5.23. The molecule has 6 aliphatic rings. The Bertz CT molecular complexity index is 2540. The van der Waals surface area contributed by atoms with Gasteiger partial charge in [-0.15, -0.1) is 0 Å². The fourth-order valence-electron chi connectivity index (χ4n) is 12.2. The van der Waals surface area contributed by atoms with Gasteiger partial charge in [0.2, 0.25) is 0 Å². The van der Waals surface area contributed by atoms with Gasteiger partial charge in [0.25, 0.3) is 0 Å². The van der Waals surface area contributed by atoms with E-state index in [1.807, 2.05) is 140 Å². The first-order valence-corrected chi connectivity index (χ1v) is 24.9. The molecule has 0 aromatic heterocycles. The van der Waals surface area contributed by atoms with Gasteiger partial charge in [0.05, 0.1) is 33.0 Å². The second-order valence-corrected chi connectivity index (χ2v) is 20.5. The van der Waals surface area contributed by atoms with E-state index in [1.54, 1.807) is 0 Å². The van der Waals surface area contributed by atoms with E-state index < -0.39 is 79.3 Å². The summed E-state index contributed by atoms with van der Waals surface area (Å²) in [6.45, 7) is 8.22. The Hall–Kier alpha value is -4.99. The van der Waals surface area contributed by atoms with Crippen molar-refractivity contribution in [2.45, 2.75) is 146 Å². The monoisotopic (exact) mass is 949 g/mol. The summed E-state index contributed by atoms with van der Waals surface area (Å²) in [5.74, 6) is -0.567. The minimum atomic E-state index is -1.17. The number of hydrogen-bond donors (Lipinski definition) is 0. The van der Waals surface area contributed by atoms with E-state index in [1.165, 1.54) is 0 Å². The maximum Gasteiger partial charge on any atom is 0.184 e. The zero-order valence-corrected chi connectivity index (χ0v) is 40.0. The van der Waals surface area contributed by atoms with E-state index in [-0.39, 0.29) is 37.3 Å². The second kappa shape index (κ2) is 20.3. The molecule has 5 aromatic carbocycles. The molecule has 1 unspecified atom stereocenters. The van der Waals surface area contributed by atoms with Crippen molar-refractivity contribution < 1.29 is 47.4 Å². The third kappa shape index (κ3) is 9.01. The molecule has 11 rings (SSSR count). The number of hydrogen-bond acceptors (Lipinski definition) is 11. The zero-order valence-electron chi connectivity index (χ0n) is 40.0. The molecule has 0 amide bonds. The van der Waals surface area contributed by atoms with E-state index in [4.69, 9.17) is 47.4 Å².